The van der Waals surface area contributed by atoms with E-state index in [9.17, 15) is 4.79 Å². The van der Waals surface area contributed by atoms with Gasteiger partial charge in [0.2, 0.25) is 5.91 Å². The van der Waals surface area contributed by atoms with Crippen molar-refractivity contribution in [2.75, 3.05) is 33.2 Å². The third-order valence-corrected chi connectivity index (χ3v) is 5.39. The van der Waals surface area contributed by atoms with Crippen molar-refractivity contribution in [1.29, 1.82) is 0 Å². The number of likely N-dealkylation sites (tertiary alicyclic amines) is 2. The Morgan fingerprint density at radius 2 is 2.00 bits per heavy atom. The zero-order valence-corrected chi connectivity index (χ0v) is 13.9. The lowest BCUT2D eigenvalue weighted by molar-refractivity contribution is -0.134. The molecule has 0 aromatic heterocycles. The molecule has 2 rings (SSSR count). The number of piperidine rings is 2. The van der Waals surface area contributed by atoms with Crippen LogP contribution < -0.4 is 5.73 Å². The van der Waals surface area contributed by atoms with E-state index in [1.807, 2.05) is 11.9 Å². The first-order valence-corrected chi connectivity index (χ1v) is 8.83. The highest BCUT2D eigenvalue weighted by Gasteiger charge is 2.35. The molecule has 21 heavy (non-hydrogen) atoms. The first kappa shape index (κ1) is 16.8. The van der Waals surface area contributed by atoms with E-state index in [4.69, 9.17) is 5.73 Å². The molecule has 2 saturated heterocycles. The van der Waals surface area contributed by atoms with Gasteiger partial charge in [-0.15, -0.1) is 0 Å². The molecule has 1 amide bonds. The third-order valence-electron chi connectivity index (χ3n) is 5.39. The molecule has 0 spiro atoms. The number of rotatable bonds is 6. The molecule has 0 radical (unpaired) electrons. The maximum absolute atomic E-state index is 11.6. The minimum absolute atomic E-state index is 0.288. The standard InChI is InChI=1S/C17H33N3O/c1-3-4-5-6-10-20-11-9-15(16(18)13-20)14-7-8-17(21)19(2)12-14/h14-16H,3-13,18H2,1-2H3. The van der Waals surface area contributed by atoms with Gasteiger partial charge in [0.1, 0.15) is 0 Å². The van der Waals surface area contributed by atoms with E-state index in [1.165, 1.54) is 45.2 Å². The summed E-state index contributed by atoms with van der Waals surface area (Å²) in [6.07, 6.45) is 8.28. The summed E-state index contributed by atoms with van der Waals surface area (Å²) in [5.74, 6) is 1.52. The van der Waals surface area contributed by atoms with Gasteiger partial charge in [0, 0.05) is 32.6 Å². The van der Waals surface area contributed by atoms with Gasteiger partial charge in [0.25, 0.3) is 0 Å². The Labute approximate surface area is 130 Å². The summed E-state index contributed by atoms with van der Waals surface area (Å²) in [6.45, 7) is 6.62. The Hall–Kier alpha value is -0.610. The van der Waals surface area contributed by atoms with E-state index in [0.717, 1.165) is 19.5 Å². The molecular weight excluding hydrogens is 262 g/mol. The van der Waals surface area contributed by atoms with Crippen LogP contribution in [0.15, 0.2) is 0 Å². The molecular formula is C17H33N3O. The molecule has 4 heteroatoms. The van der Waals surface area contributed by atoms with Crippen LogP contribution >= 0.6 is 0 Å². The number of nitrogens with two attached hydrogens (primary N) is 1. The number of carbonyl (C=O) groups excluding carboxylic acids is 1. The lowest BCUT2D eigenvalue weighted by Gasteiger charge is -2.43. The van der Waals surface area contributed by atoms with Crippen LogP contribution in [0.25, 0.3) is 0 Å². The quantitative estimate of drug-likeness (QED) is 0.763. The average molecular weight is 295 g/mol. The Balaban J connectivity index is 1.74. The van der Waals surface area contributed by atoms with Crippen LogP contribution in [0, 0.1) is 11.8 Å². The predicted octanol–water partition coefficient (Wildman–Crippen LogP) is 2.08. The van der Waals surface area contributed by atoms with Crippen LogP contribution in [0.3, 0.4) is 0 Å². The summed E-state index contributed by atoms with van der Waals surface area (Å²) in [6, 6.07) is 0.288. The van der Waals surface area contributed by atoms with Gasteiger partial charge in [-0.2, -0.15) is 0 Å². The van der Waals surface area contributed by atoms with Crippen molar-refractivity contribution >= 4 is 5.91 Å². The third kappa shape index (κ3) is 4.68. The van der Waals surface area contributed by atoms with Crippen LogP contribution in [-0.4, -0.2) is 55.0 Å². The van der Waals surface area contributed by atoms with Crippen LogP contribution in [0.5, 0.6) is 0 Å². The van der Waals surface area contributed by atoms with E-state index in [2.05, 4.69) is 11.8 Å². The molecule has 0 aromatic rings. The van der Waals surface area contributed by atoms with Gasteiger partial charge >= 0.3 is 0 Å². The largest absolute Gasteiger partial charge is 0.345 e. The van der Waals surface area contributed by atoms with E-state index in [-0.39, 0.29) is 6.04 Å². The van der Waals surface area contributed by atoms with Crippen molar-refractivity contribution < 1.29 is 4.79 Å². The highest BCUT2D eigenvalue weighted by Crippen LogP contribution is 2.31. The van der Waals surface area contributed by atoms with Crippen LogP contribution in [0.1, 0.15) is 51.9 Å². The second-order valence-electron chi connectivity index (χ2n) is 7.05. The van der Waals surface area contributed by atoms with E-state index < -0.39 is 0 Å². The second-order valence-corrected chi connectivity index (χ2v) is 7.05. The fourth-order valence-electron chi connectivity index (χ4n) is 4.02. The topological polar surface area (TPSA) is 49.6 Å². The normalized spacial score (nSPS) is 31.7. The van der Waals surface area contributed by atoms with Gasteiger partial charge in [-0.1, -0.05) is 26.2 Å². The van der Waals surface area contributed by atoms with E-state index in [1.54, 1.807) is 0 Å². The number of amides is 1. The first-order valence-electron chi connectivity index (χ1n) is 8.83. The Bertz CT molecular complexity index is 334. The highest BCUT2D eigenvalue weighted by atomic mass is 16.2. The minimum Gasteiger partial charge on any atom is -0.345 e. The zero-order valence-electron chi connectivity index (χ0n) is 13.9. The molecule has 0 aliphatic carbocycles. The van der Waals surface area contributed by atoms with Gasteiger partial charge in [-0.05, 0) is 44.2 Å². The number of nitrogens with zero attached hydrogens (tertiary/aromatic N) is 2. The van der Waals surface area contributed by atoms with Crippen molar-refractivity contribution in [3.63, 3.8) is 0 Å². The fourth-order valence-corrected chi connectivity index (χ4v) is 4.02. The van der Waals surface area contributed by atoms with Crippen LogP contribution in [-0.2, 0) is 4.79 Å². The monoisotopic (exact) mass is 295 g/mol. The molecule has 3 atom stereocenters. The minimum atomic E-state index is 0.288. The van der Waals surface area contributed by atoms with Gasteiger partial charge in [0.05, 0.1) is 0 Å². The molecule has 2 fully saturated rings. The van der Waals surface area contributed by atoms with Gasteiger partial charge in [-0.3, -0.25) is 4.79 Å². The molecule has 2 aliphatic heterocycles. The predicted molar refractivity (Wildman–Crippen MR) is 87.0 cm³/mol. The number of hydrogen-bond acceptors (Lipinski definition) is 3. The van der Waals surface area contributed by atoms with E-state index in [0.29, 0.717) is 24.2 Å². The molecule has 2 N–H and O–H groups in total. The first-order chi connectivity index (χ1) is 10.1. The average Bonchev–Trinajstić information content (AvgIpc) is 2.47. The Kier molecular flexibility index (Phi) is 6.49. The lowest BCUT2D eigenvalue weighted by Crippen LogP contribution is -2.53. The van der Waals surface area contributed by atoms with Gasteiger partial charge in [0.15, 0.2) is 0 Å². The molecule has 0 aromatic carbocycles. The molecule has 2 aliphatic rings. The fraction of sp³-hybridized carbons (Fsp3) is 0.941. The maximum Gasteiger partial charge on any atom is 0.222 e. The summed E-state index contributed by atoms with van der Waals surface area (Å²) in [5.41, 5.74) is 6.47. The SMILES string of the molecule is CCCCCCN1CCC(C2CCC(=O)N(C)C2)C(N)C1. The van der Waals surface area contributed by atoms with Crippen molar-refractivity contribution in [2.24, 2.45) is 17.6 Å². The van der Waals surface area contributed by atoms with Crippen molar-refractivity contribution in [1.82, 2.24) is 9.80 Å². The van der Waals surface area contributed by atoms with Crippen molar-refractivity contribution in [2.45, 2.75) is 57.9 Å². The smallest absolute Gasteiger partial charge is 0.222 e. The molecule has 3 unspecified atom stereocenters. The van der Waals surface area contributed by atoms with Crippen molar-refractivity contribution in [3.8, 4) is 0 Å². The summed E-state index contributed by atoms with van der Waals surface area (Å²) in [5, 5.41) is 0. The van der Waals surface area contributed by atoms with Crippen LogP contribution in [0.2, 0.25) is 0 Å². The molecule has 0 bridgehead atoms. The lowest BCUT2D eigenvalue weighted by atomic mass is 9.77. The molecule has 0 saturated carbocycles. The summed E-state index contributed by atoms with van der Waals surface area (Å²) < 4.78 is 0. The molecule has 122 valence electrons. The molecule has 2 heterocycles. The highest BCUT2D eigenvalue weighted by molar-refractivity contribution is 5.76. The van der Waals surface area contributed by atoms with Gasteiger partial charge in [-0.25, -0.2) is 0 Å². The number of unbranched alkanes of at least 4 members (excludes halogenated alkanes) is 3. The summed E-state index contributed by atoms with van der Waals surface area (Å²) in [4.78, 5) is 16.1. The Morgan fingerprint density at radius 1 is 1.19 bits per heavy atom. The van der Waals surface area contributed by atoms with Crippen molar-refractivity contribution in [3.05, 3.63) is 0 Å². The number of hydrogen-bond donors (Lipinski definition) is 1. The maximum atomic E-state index is 11.6. The van der Waals surface area contributed by atoms with Crippen LogP contribution in [0.4, 0.5) is 0 Å². The van der Waals surface area contributed by atoms with Gasteiger partial charge < -0.3 is 15.5 Å². The summed E-state index contributed by atoms with van der Waals surface area (Å²) in [7, 11) is 1.93. The van der Waals surface area contributed by atoms with E-state index >= 15 is 0 Å². The summed E-state index contributed by atoms with van der Waals surface area (Å²) >= 11 is 0. The zero-order chi connectivity index (χ0) is 15.2. The number of carbonyl (C=O) groups is 1. The second kappa shape index (κ2) is 8.14. The molecule has 4 nitrogen and oxygen atoms in total. The Morgan fingerprint density at radius 3 is 2.67 bits per heavy atom.